The minimum atomic E-state index is -3.62. The molecule has 29 heavy (non-hydrogen) atoms. The van der Waals surface area contributed by atoms with Gasteiger partial charge in [-0.15, -0.1) is 0 Å². The third kappa shape index (κ3) is 4.52. The van der Waals surface area contributed by atoms with Crippen LogP contribution >= 0.6 is 0 Å². The fraction of sp³-hybridized carbons (Fsp3) is 0.0909. The van der Waals surface area contributed by atoms with Gasteiger partial charge < -0.3 is 10.6 Å². The van der Waals surface area contributed by atoms with Crippen molar-refractivity contribution in [2.45, 2.75) is 16.7 Å². The molecule has 0 unspecified atom stereocenters. The van der Waals surface area contributed by atoms with Gasteiger partial charge in [0.25, 0.3) is 11.8 Å². The number of carbonyl (C=O) groups is 2. The summed E-state index contributed by atoms with van der Waals surface area (Å²) in [5.41, 5.74) is 2.28. The SMILES string of the molecule is CNC(=O)c1ccc(C(=O)Nc2ccc(S(=O)(=O)c3ccc(C)cc3)cc2)cc1. The summed E-state index contributed by atoms with van der Waals surface area (Å²) in [4.78, 5) is 24.3. The van der Waals surface area contributed by atoms with Gasteiger partial charge in [0.15, 0.2) is 0 Å². The third-order valence-corrected chi connectivity index (χ3v) is 6.18. The molecule has 0 saturated carbocycles. The molecule has 3 aromatic carbocycles. The maximum absolute atomic E-state index is 12.7. The van der Waals surface area contributed by atoms with Crippen molar-refractivity contribution in [1.82, 2.24) is 5.32 Å². The zero-order valence-corrected chi connectivity index (χ0v) is 16.8. The Morgan fingerprint density at radius 2 is 1.14 bits per heavy atom. The Balaban J connectivity index is 1.74. The van der Waals surface area contributed by atoms with Crippen molar-refractivity contribution in [3.05, 3.63) is 89.5 Å². The molecular weight excluding hydrogens is 388 g/mol. The Labute approximate surface area is 169 Å². The Morgan fingerprint density at radius 3 is 1.62 bits per heavy atom. The monoisotopic (exact) mass is 408 g/mol. The molecule has 0 atom stereocenters. The van der Waals surface area contributed by atoms with Crippen LogP contribution in [0.3, 0.4) is 0 Å². The van der Waals surface area contributed by atoms with Crippen LogP contribution < -0.4 is 10.6 Å². The van der Waals surface area contributed by atoms with Crippen LogP contribution in [0.5, 0.6) is 0 Å². The van der Waals surface area contributed by atoms with Gasteiger partial charge >= 0.3 is 0 Å². The number of sulfone groups is 1. The summed E-state index contributed by atoms with van der Waals surface area (Å²) in [5.74, 6) is -0.593. The summed E-state index contributed by atoms with van der Waals surface area (Å²) >= 11 is 0. The molecule has 0 aliphatic heterocycles. The number of nitrogens with one attached hydrogen (secondary N) is 2. The highest BCUT2D eigenvalue weighted by atomic mass is 32.2. The summed E-state index contributed by atoms with van der Waals surface area (Å²) in [5, 5.41) is 5.23. The maximum Gasteiger partial charge on any atom is 0.255 e. The van der Waals surface area contributed by atoms with Gasteiger partial charge in [-0.25, -0.2) is 8.42 Å². The summed E-state index contributed by atoms with van der Waals surface area (Å²) in [6.45, 7) is 1.89. The number of hydrogen-bond donors (Lipinski definition) is 2. The number of carbonyl (C=O) groups excluding carboxylic acids is 2. The number of amides is 2. The number of benzene rings is 3. The van der Waals surface area contributed by atoms with Gasteiger partial charge in [-0.1, -0.05) is 17.7 Å². The molecule has 0 radical (unpaired) electrons. The lowest BCUT2D eigenvalue weighted by Crippen LogP contribution is -2.18. The molecule has 2 N–H and O–H groups in total. The standard InChI is InChI=1S/C22H20N2O4S/c1-15-3-11-19(12-4-15)29(27,28)20-13-9-18(10-14-20)24-22(26)17-7-5-16(6-8-17)21(25)23-2/h3-14H,1-2H3,(H,23,25)(H,24,26). The van der Waals surface area contributed by atoms with E-state index < -0.39 is 9.84 Å². The van der Waals surface area contributed by atoms with Crippen molar-refractivity contribution < 1.29 is 18.0 Å². The van der Waals surface area contributed by atoms with Gasteiger partial charge in [0.1, 0.15) is 0 Å². The molecule has 2 amide bonds. The molecule has 0 heterocycles. The molecule has 6 nitrogen and oxygen atoms in total. The van der Waals surface area contributed by atoms with Gasteiger partial charge in [-0.3, -0.25) is 9.59 Å². The zero-order chi connectivity index (χ0) is 21.0. The van der Waals surface area contributed by atoms with E-state index in [0.717, 1.165) is 5.56 Å². The lowest BCUT2D eigenvalue weighted by atomic mass is 10.1. The quantitative estimate of drug-likeness (QED) is 0.676. The molecule has 0 fully saturated rings. The third-order valence-electron chi connectivity index (χ3n) is 4.39. The lowest BCUT2D eigenvalue weighted by molar-refractivity contribution is 0.0961. The summed E-state index contributed by atoms with van der Waals surface area (Å²) in [6, 6.07) is 18.9. The van der Waals surface area contributed by atoms with Crippen molar-refractivity contribution in [3.63, 3.8) is 0 Å². The van der Waals surface area contributed by atoms with Crippen LogP contribution in [0.1, 0.15) is 26.3 Å². The first-order chi connectivity index (χ1) is 13.8. The van der Waals surface area contributed by atoms with E-state index in [9.17, 15) is 18.0 Å². The molecule has 0 saturated heterocycles. The van der Waals surface area contributed by atoms with E-state index in [1.807, 2.05) is 6.92 Å². The fourth-order valence-corrected chi connectivity index (χ4v) is 3.95. The highest BCUT2D eigenvalue weighted by molar-refractivity contribution is 7.91. The van der Waals surface area contributed by atoms with Crippen molar-refractivity contribution in [2.24, 2.45) is 0 Å². The van der Waals surface area contributed by atoms with Crippen LogP contribution in [0.15, 0.2) is 82.6 Å². The van der Waals surface area contributed by atoms with Crippen LogP contribution in [0.4, 0.5) is 5.69 Å². The second-order valence-corrected chi connectivity index (χ2v) is 8.40. The molecule has 0 bridgehead atoms. The maximum atomic E-state index is 12.7. The second kappa shape index (κ2) is 8.28. The Kier molecular flexibility index (Phi) is 5.79. The van der Waals surface area contributed by atoms with E-state index in [4.69, 9.17) is 0 Å². The van der Waals surface area contributed by atoms with E-state index in [1.54, 1.807) is 48.5 Å². The molecule has 0 aliphatic carbocycles. The number of aryl methyl sites for hydroxylation is 1. The van der Waals surface area contributed by atoms with E-state index in [-0.39, 0.29) is 21.6 Å². The highest BCUT2D eigenvalue weighted by Crippen LogP contribution is 2.23. The van der Waals surface area contributed by atoms with Gasteiger partial charge in [0.2, 0.25) is 9.84 Å². The minimum Gasteiger partial charge on any atom is -0.355 e. The number of rotatable bonds is 5. The number of anilines is 1. The smallest absolute Gasteiger partial charge is 0.255 e. The van der Waals surface area contributed by atoms with E-state index in [0.29, 0.717) is 16.8 Å². The molecule has 148 valence electrons. The first kappa shape index (κ1) is 20.3. The highest BCUT2D eigenvalue weighted by Gasteiger charge is 2.17. The Morgan fingerprint density at radius 1 is 0.690 bits per heavy atom. The predicted molar refractivity (Wildman–Crippen MR) is 111 cm³/mol. The van der Waals surface area contributed by atoms with Crippen LogP contribution in [-0.4, -0.2) is 27.3 Å². The first-order valence-corrected chi connectivity index (χ1v) is 10.3. The van der Waals surface area contributed by atoms with Gasteiger partial charge in [0.05, 0.1) is 9.79 Å². The van der Waals surface area contributed by atoms with E-state index >= 15 is 0 Å². The molecule has 0 aliphatic rings. The molecule has 3 aromatic rings. The Hall–Kier alpha value is -3.45. The predicted octanol–water partition coefficient (Wildman–Crippen LogP) is 3.44. The lowest BCUT2D eigenvalue weighted by Gasteiger charge is -2.08. The zero-order valence-electron chi connectivity index (χ0n) is 16.0. The van der Waals surface area contributed by atoms with E-state index in [1.165, 1.54) is 31.3 Å². The van der Waals surface area contributed by atoms with Crippen LogP contribution in [0, 0.1) is 6.92 Å². The molecule has 7 heteroatoms. The summed E-state index contributed by atoms with van der Waals surface area (Å²) < 4.78 is 25.4. The van der Waals surface area contributed by atoms with Gasteiger partial charge in [0, 0.05) is 23.9 Å². The Bertz CT molecular complexity index is 1130. The summed E-state index contributed by atoms with van der Waals surface area (Å²) in [7, 11) is -2.09. The van der Waals surface area contributed by atoms with Gasteiger partial charge in [-0.05, 0) is 67.6 Å². The number of hydrogen-bond acceptors (Lipinski definition) is 4. The normalized spacial score (nSPS) is 11.0. The first-order valence-electron chi connectivity index (χ1n) is 8.86. The van der Waals surface area contributed by atoms with Gasteiger partial charge in [-0.2, -0.15) is 0 Å². The second-order valence-electron chi connectivity index (χ2n) is 6.45. The topological polar surface area (TPSA) is 92.3 Å². The fourth-order valence-electron chi connectivity index (χ4n) is 2.69. The molecular formula is C22H20N2O4S. The molecule has 0 spiro atoms. The molecule has 3 rings (SSSR count). The van der Waals surface area contributed by atoms with Crippen molar-refractivity contribution in [2.75, 3.05) is 12.4 Å². The largest absolute Gasteiger partial charge is 0.355 e. The summed E-state index contributed by atoms with van der Waals surface area (Å²) in [6.07, 6.45) is 0. The average Bonchev–Trinajstić information content (AvgIpc) is 2.74. The van der Waals surface area contributed by atoms with Crippen LogP contribution in [-0.2, 0) is 9.84 Å². The molecule has 0 aromatic heterocycles. The van der Waals surface area contributed by atoms with Crippen LogP contribution in [0.25, 0.3) is 0 Å². The average molecular weight is 408 g/mol. The van der Waals surface area contributed by atoms with Crippen molar-refractivity contribution >= 4 is 27.3 Å². The van der Waals surface area contributed by atoms with E-state index in [2.05, 4.69) is 10.6 Å². The van der Waals surface area contributed by atoms with Crippen molar-refractivity contribution in [1.29, 1.82) is 0 Å². The van der Waals surface area contributed by atoms with Crippen molar-refractivity contribution in [3.8, 4) is 0 Å². The minimum absolute atomic E-state index is 0.147. The van der Waals surface area contributed by atoms with Crippen LogP contribution in [0.2, 0.25) is 0 Å².